The Morgan fingerprint density at radius 3 is 2.56 bits per heavy atom. The third-order valence-electron chi connectivity index (χ3n) is 0.705. The van der Waals surface area contributed by atoms with Gasteiger partial charge in [0.15, 0.2) is 0 Å². The second kappa shape index (κ2) is 3.57. The highest BCUT2D eigenvalue weighted by Crippen LogP contribution is 1.81. The first kappa shape index (κ1) is 7.59. The second-order valence-electron chi connectivity index (χ2n) is 1.34. The molecule has 0 heterocycles. The number of hydrogen-bond acceptors (Lipinski definition) is 1. The molecule has 0 unspecified atom stereocenters. The fourth-order valence-electron chi connectivity index (χ4n) is 0.308. The standard InChI is InChI=1S/C5H6N2O2/c1-2-3-4(7-6)5(8)9/h2H,1,3H2,(H,8,9). The van der Waals surface area contributed by atoms with Crippen LogP contribution in [0.2, 0.25) is 0 Å². The van der Waals surface area contributed by atoms with Crippen molar-refractivity contribution in [3.63, 3.8) is 0 Å². The van der Waals surface area contributed by atoms with Crippen molar-refractivity contribution >= 4 is 11.7 Å². The third kappa shape index (κ3) is 2.41. The summed E-state index contributed by atoms with van der Waals surface area (Å²) in [6.07, 6.45) is 1.43. The number of rotatable bonds is 3. The molecule has 0 aromatic rings. The molecule has 0 aliphatic carbocycles. The first-order chi connectivity index (χ1) is 4.22. The lowest BCUT2D eigenvalue weighted by molar-refractivity contribution is -0.134. The van der Waals surface area contributed by atoms with Crippen LogP contribution in [0.15, 0.2) is 12.7 Å². The molecular formula is C5H6N2O2. The normalized spacial score (nSPS) is 7.56. The zero-order chi connectivity index (χ0) is 7.28. The molecule has 0 bridgehead atoms. The molecule has 0 aromatic carbocycles. The third-order valence-corrected chi connectivity index (χ3v) is 0.705. The zero-order valence-electron chi connectivity index (χ0n) is 4.74. The Morgan fingerprint density at radius 1 is 1.89 bits per heavy atom. The summed E-state index contributed by atoms with van der Waals surface area (Å²) in [5.74, 6) is -1.22. The minimum Gasteiger partial charge on any atom is -0.473 e. The van der Waals surface area contributed by atoms with Gasteiger partial charge in [-0.3, -0.25) is 0 Å². The number of carbonyl (C=O) groups is 1. The number of hydrogen-bond donors (Lipinski definition) is 1. The van der Waals surface area contributed by atoms with E-state index >= 15 is 0 Å². The summed E-state index contributed by atoms with van der Waals surface area (Å²) in [7, 11) is 0. The van der Waals surface area contributed by atoms with Crippen LogP contribution < -0.4 is 0 Å². The van der Waals surface area contributed by atoms with Gasteiger partial charge in [-0.15, -0.1) is 6.58 Å². The molecule has 48 valence electrons. The topological polar surface area (TPSA) is 73.7 Å². The quantitative estimate of drug-likeness (QED) is 0.256. The average molecular weight is 126 g/mol. The molecule has 0 spiro atoms. The predicted molar refractivity (Wildman–Crippen MR) is 31.1 cm³/mol. The lowest BCUT2D eigenvalue weighted by Crippen LogP contribution is -2.12. The van der Waals surface area contributed by atoms with Crippen molar-refractivity contribution in [2.75, 3.05) is 0 Å². The van der Waals surface area contributed by atoms with E-state index in [1.807, 2.05) is 0 Å². The Bertz CT molecular complexity index is 179. The SMILES string of the molecule is C=CCC(=[N+]=[N-])C(=O)O. The predicted octanol–water partition coefficient (Wildman–Crippen LogP) is 0.318. The van der Waals surface area contributed by atoms with Crippen molar-refractivity contribution < 1.29 is 14.7 Å². The molecule has 4 nitrogen and oxygen atoms in total. The average Bonchev–Trinajstić information content (AvgIpc) is 1.82. The molecule has 0 radical (unpaired) electrons. The van der Waals surface area contributed by atoms with Crippen LogP contribution in [0.25, 0.3) is 5.53 Å². The Labute approximate surface area is 52.0 Å². The van der Waals surface area contributed by atoms with Gasteiger partial charge >= 0.3 is 11.7 Å². The van der Waals surface area contributed by atoms with Gasteiger partial charge in [-0.05, 0) is 0 Å². The molecule has 0 rings (SSSR count). The Balaban J connectivity index is 4.18. The molecule has 0 aliphatic heterocycles. The molecule has 0 aromatic heterocycles. The van der Waals surface area contributed by atoms with Crippen molar-refractivity contribution in [3.8, 4) is 0 Å². The van der Waals surface area contributed by atoms with Crippen molar-refractivity contribution in [3.05, 3.63) is 18.2 Å². The Hall–Kier alpha value is -1.41. The van der Waals surface area contributed by atoms with E-state index in [0.717, 1.165) is 0 Å². The van der Waals surface area contributed by atoms with E-state index in [4.69, 9.17) is 10.6 Å². The highest BCUT2D eigenvalue weighted by Gasteiger charge is 2.14. The molecule has 0 aliphatic rings. The van der Waals surface area contributed by atoms with Crippen LogP contribution in [-0.4, -0.2) is 21.6 Å². The number of allylic oxidation sites excluding steroid dienone is 1. The number of carboxylic acids is 1. The van der Waals surface area contributed by atoms with Gasteiger partial charge in [0.1, 0.15) is 0 Å². The molecule has 9 heavy (non-hydrogen) atoms. The van der Waals surface area contributed by atoms with E-state index in [2.05, 4.69) is 11.4 Å². The summed E-state index contributed by atoms with van der Waals surface area (Å²) in [6.45, 7) is 3.28. The van der Waals surface area contributed by atoms with Gasteiger partial charge in [0, 0.05) is 0 Å². The maximum atomic E-state index is 9.98. The first-order valence-electron chi connectivity index (χ1n) is 2.27. The van der Waals surface area contributed by atoms with Gasteiger partial charge in [-0.1, -0.05) is 6.08 Å². The summed E-state index contributed by atoms with van der Waals surface area (Å²) in [5, 5.41) is 8.17. The number of aliphatic carboxylic acids is 1. The Kier molecular flexibility index (Phi) is 3.01. The molecular weight excluding hydrogens is 120 g/mol. The zero-order valence-corrected chi connectivity index (χ0v) is 4.74. The van der Waals surface area contributed by atoms with Gasteiger partial charge in [0.2, 0.25) is 0 Å². The lowest BCUT2D eigenvalue weighted by atomic mass is 10.3. The molecule has 0 fully saturated rings. The molecule has 0 saturated carbocycles. The molecule has 0 amide bonds. The van der Waals surface area contributed by atoms with E-state index in [1.165, 1.54) is 6.08 Å². The van der Waals surface area contributed by atoms with Crippen molar-refractivity contribution in [2.45, 2.75) is 6.42 Å². The maximum Gasteiger partial charge on any atom is 0.414 e. The van der Waals surface area contributed by atoms with Crippen molar-refractivity contribution in [1.82, 2.24) is 0 Å². The first-order valence-corrected chi connectivity index (χ1v) is 2.27. The van der Waals surface area contributed by atoms with E-state index in [-0.39, 0.29) is 12.1 Å². The minimum atomic E-state index is -1.22. The lowest BCUT2D eigenvalue weighted by Gasteiger charge is -1.78. The van der Waals surface area contributed by atoms with Crippen LogP contribution in [0, 0.1) is 0 Å². The Morgan fingerprint density at radius 2 is 2.44 bits per heavy atom. The summed E-state index contributed by atoms with van der Waals surface area (Å²) in [4.78, 5) is 12.5. The largest absolute Gasteiger partial charge is 0.473 e. The van der Waals surface area contributed by atoms with E-state index < -0.39 is 5.97 Å². The highest BCUT2D eigenvalue weighted by molar-refractivity contribution is 6.33. The van der Waals surface area contributed by atoms with Crippen LogP contribution in [0.3, 0.4) is 0 Å². The van der Waals surface area contributed by atoms with E-state index in [1.54, 1.807) is 0 Å². The summed E-state index contributed by atoms with van der Waals surface area (Å²) >= 11 is 0. The fraction of sp³-hybridized carbons (Fsp3) is 0.200. The number of carboxylic acid groups (broad SMARTS) is 1. The fourth-order valence-corrected chi connectivity index (χ4v) is 0.308. The van der Waals surface area contributed by atoms with E-state index in [9.17, 15) is 4.79 Å². The van der Waals surface area contributed by atoms with Crippen LogP contribution in [0.5, 0.6) is 0 Å². The summed E-state index contributed by atoms with van der Waals surface area (Å²) in [5.41, 5.74) is 7.69. The molecule has 1 N–H and O–H groups in total. The van der Waals surface area contributed by atoms with Crippen molar-refractivity contribution in [1.29, 1.82) is 0 Å². The van der Waals surface area contributed by atoms with Gasteiger partial charge < -0.3 is 10.6 Å². The molecule has 0 atom stereocenters. The summed E-state index contributed by atoms with van der Waals surface area (Å²) in [6, 6.07) is 0. The van der Waals surface area contributed by atoms with Gasteiger partial charge in [-0.25, -0.2) is 4.79 Å². The van der Waals surface area contributed by atoms with Crippen LogP contribution in [-0.2, 0) is 4.79 Å². The molecule has 4 heteroatoms. The smallest absolute Gasteiger partial charge is 0.414 e. The van der Waals surface area contributed by atoms with Crippen molar-refractivity contribution in [2.24, 2.45) is 0 Å². The monoisotopic (exact) mass is 126 g/mol. The van der Waals surface area contributed by atoms with Crippen LogP contribution in [0.4, 0.5) is 0 Å². The van der Waals surface area contributed by atoms with Crippen LogP contribution >= 0.6 is 0 Å². The highest BCUT2D eigenvalue weighted by atomic mass is 16.4. The van der Waals surface area contributed by atoms with Gasteiger partial charge in [0.05, 0.1) is 6.42 Å². The van der Waals surface area contributed by atoms with Crippen LogP contribution in [0.1, 0.15) is 6.42 Å². The second-order valence-corrected chi connectivity index (χ2v) is 1.34. The summed E-state index contributed by atoms with van der Waals surface area (Å²) < 4.78 is 0. The van der Waals surface area contributed by atoms with E-state index in [0.29, 0.717) is 0 Å². The maximum absolute atomic E-state index is 9.98. The molecule has 0 saturated heterocycles. The minimum absolute atomic E-state index is 0.0752. The van der Waals surface area contributed by atoms with Gasteiger partial charge in [-0.2, -0.15) is 4.79 Å². The van der Waals surface area contributed by atoms with Gasteiger partial charge in [0.25, 0.3) is 0 Å². The number of nitrogens with zero attached hydrogens (tertiary/aromatic N) is 2.